The third-order valence-corrected chi connectivity index (χ3v) is 8.22. The molecule has 34 heavy (non-hydrogen) atoms. The first-order valence-electron chi connectivity index (χ1n) is 13.4. The first-order chi connectivity index (χ1) is 16.6. The van der Waals surface area contributed by atoms with Gasteiger partial charge in [-0.25, -0.2) is 0 Å². The van der Waals surface area contributed by atoms with Gasteiger partial charge in [-0.1, -0.05) is 79.9 Å². The fourth-order valence-corrected chi connectivity index (χ4v) is 6.21. The number of aliphatic carboxylic acids is 1. The number of benzene rings is 2. The maximum atomic E-state index is 11.8. The van der Waals surface area contributed by atoms with Crippen molar-refractivity contribution in [1.29, 1.82) is 0 Å². The van der Waals surface area contributed by atoms with Gasteiger partial charge in [-0.05, 0) is 87.7 Å². The van der Waals surface area contributed by atoms with Crippen molar-refractivity contribution in [1.82, 2.24) is 9.80 Å². The van der Waals surface area contributed by atoms with Crippen molar-refractivity contribution < 1.29 is 9.90 Å². The fraction of sp³-hybridized carbons (Fsp3) is 0.567. The molecule has 2 heterocycles. The van der Waals surface area contributed by atoms with Crippen LogP contribution in [0, 0.1) is 5.92 Å². The van der Waals surface area contributed by atoms with Gasteiger partial charge >= 0.3 is 5.97 Å². The molecule has 2 atom stereocenters. The molecule has 0 spiro atoms. The largest absolute Gasteiger partial charge is 0.480 e. The smallest absolute Gasteiger partial charge is 0.321 e. The molecule has 2 aromatic rings. The van der Waals surface area contributed by atoms with E-state index in [9.17, 15) is 9.90 Å². The lowest BCUT2D eigenvalue weighted by molar-refractivity contribution is -0.145. The van der Waals surface area contributed by atoms with E-state index in [1.807, 2.05) is 6.07 Å². The van der Waals surface area contributed by atoms with Gasteiger partial charge in [0.05, 0.1) is 0 Å². The van der Waals surface area contributed by atoms with Gasteiger partial charge in [0, 0.05) is 6.54 Å². The SMILES string of the molecule is CN1CCC(c2ccccc2)CC1.O=C(O)C(C1CCCCC1)N1CCC(c2ccccc2)C1. The summed E-state index contributed by atoms with van der Waals surface area (Å²) in [4.78, 5) is 16.4. The molecule has 0 bridgehead atoms. The van der Waals surface area contributed by atoms with Crippen LogP contribution >= 0.6 is 0 Å². The average Bonchev–Trinajstić information content (AvgIpc) is 3.36. The quantitative estimate of drug-likeness (QED) is 0.591. The lowest BCUT2D eigenvalue weighted by Gasteiger charge is -2.33. The van der Waals surface area contributed by atoms with Gasteiger partial charge in [-0.15, -0.1) is 0 Å². The third kappa shape index (κ3) is 6.70. The minimum atomic E-state index is -0.615. The van der Waals surface area contributed by atoms with E-state index in [2.05, 4.69) is 71.4 Å². The van der Waals surface area contributed by atoms with E-state index in [1.54, 1.807) is 0 Å². The van der Waals surface area contributed by atoms with Crippen LogP contribution in [0.4, 0.5) is 0 Å². The second-order valence-corrected chi connectivity index (χ2v) is 10.6. The van der Waals surface area contributed by atoms with Gasteiger partial charge in [-0.2, -0.15) is 0 Å². The second-order valence-electron chi connectivity index (χ2n) is 10.6. The highest BCUT2D eigenvalue weighted by Crippen LogP contribution is 2.34. The zero-order valence-electron chi connectivity index (χ0n) is 20.8. The van der Waals surface area contributed by atoms with E-state index in [1.165, 1.54) is 56.3 Å². The normalized spacial score (nSPS) is 23.7. The molecule has 4 nitrogen and oxygen atoms in total. The van der Waals surface area contributed by atoms with Gasteiger partial charge in [0.15, 0.2) is 0 Å². The summed E-state index contributed by atoms with van der Waals surface area (Å²) in [6.45, 7) is 4.32. The molecule has 2 aromatic carbocycles. The topological polar surface area (TPSA) is 43.8 Å². The number of likely N-dealkylation sites (tertiary alicyclic amines) is 2. The molecule has 1 saturated carbocycles. The number of carboxylic acid groups (broad SMARTS) is 1. The van der Waals surface area contributed by atoms with E-state index in [0.29, 0.717) is 11.8 Å². The highest BCUT2D eigenvalue weighted by molar-refractivity contribution is 5.74. The lowest BCUT2D eigenvalue weighted by atomic mass is 9.83. The highest BCUT2D eigenvalue weighted by Gasteiger charge is 2.38. The summed E-state index contributed by atoms with van der Waals surface area (Å²) < 4.78 is 0. The highest BCUT2D eigenvalue weighted by atomic mass is 16.4. The summed E-state index contributed by atoms with van der Waals surface area (Å²) in [6, 6.07) is 21.2. The molecule has 0 radical (unpaired) electrons. The van der Waals surface area contributed by atoms with E-state index in [-0.39, 0.29) is 6.04 Å². The van der Waals surface area contributed by atoms with Crippen LogP contribution in [0.15, 0.2) is 60.7 Å². The Balaban J connectivity index is 0.000000180. The van der Waals surface area contributed by atoms with E-state index in [4.69, 9.17) is 0 Å². The van der Waals surface area contributed by atoms with Gasteiger partial charge in [0.1, 0.15) is 6.04 Å². The van der Waals surface area contributed by atoms with Crippen LogP contribution in [-0.4, -0.2) is 60.1 Å². The van der Waals surface area contributed by atoms with Crippen LogP contribution in [0.1, 0.15) is 74.3 Å². The number of hydrogen-bond acceptors (Lipinski definition) is 3. The Hall–Kier alpha value is -2.17. The molecule has 4 heteroatoms. The Bertz CT molecular complexity index is 858. The Morgan fingerprint density at radius 1 is 0.765 bits per heavy atom. The van der Waals surface area contributed by atoms with Crippen molar-refractivity contribution in [3.63, 3.8) is 0 Å². The fourth-order valence-electron chi connectivity index (χ4n) is 6.21. The van der Waals surface area contributed by atoms with Gasteiger partial charge in [0.2, 0.25) is 0 Å². The van der Waals surface area contributed by atoms with Crippen LogP contribution in [0.3, 0.4) is 0 Å². The summed E-state index contributed by atoms with van der Waals surface area (Å²) >= 11 is 0. The lowest BCUT2D eigenvalue weighted by Crippen LogP contribution is -2.45. The first kappa shape index (κ1) is 24.9. The molecule has 0 amide bonds. The maximum Gasteiger partial charge on any atom is 0.321 e. The van der Waals surface area contributed by atoms with Crippen LogP contribution in [0.2, 0.25) is 0 Å². The molecule has 1 N–H and O–H groups in total. The Kier molecular flexibility index (Phi) is 9.18. The van der Waals surface area contributed by atoms with Gasteiger partial charge in [-0.3, -0.25) is 9.69 Å². The van der Waals surface area contributed by atoms with Crippen molar-refractivity contribution in [3.8, 4) is 0 Å². The van der Waals surface area contributed by atoms with Crippen molar-refractivity contribution >= 4 is 5.97 Å². The average molecular weight is 463 g/mol. The molecule has 5 rings (SSSR count). The monoisotopic (exact) mass is 462 g/mol. The molecular formula is C30H42N2O2. The Labute approximate surface area is 206 Å². The number of carboxylic acids is 1. The first-order valence-corrected chi connectivity index (χ1v) is 13.4. The molecule has 2 unspecified atom stereocenters. The maximum absolute atomic E-state index is 11.8. The minimum Gasteiger partial charge on any atom is -0.480 e. The van der Waals surface area contributed by atoms with Crippen molar-refractivity contribution in [2.45, 2.75) is 69.2 Å². The minimum absolute atomic E-state index is 0.265. The summed E-state index contributed by atoms with van der Waals surface area (Å²) in [7, 11) is 2.21. The molecule has 1 aliphatic carbocycles. The molecule has 3 aliphatic rings. The summed E-state index contributed by atoms with van der Waals surface area (Å²) in [5.74, 6) is 1.04. The van der Waals surface area contributed by atoms with E-state index < -0.39 is 5.97 Å². The summed E-state index contributed by atoms with van der Waals surface area (Å²) in [5.41, 5.74) is 2.88. The van der Waals surface area contributed by atoms with Crippen molar-refractivity contribution in [2.75, 3.05) is 33.2 Å². The van der Waals surface area contributed by atoms with E-state index in [0.717, 1.165) is 38.3 Å². The molecule has 184 valence electrons. The van der Waals surface area contributed by atoms with Crippen LogP contribution in [0.5, 0.6) is 0 Å². The van der Waals surface area contributed by atoms with Gasteiger partial charge in [0.25, 0.3) is 0 Å². The number of carbonyl (C=O) groups is 1. The number of piperidine rings is 1. The Morgan fingerprint density at radius 3 is 1.85 bits per heavy atom. The standard InChI is InChI=1S/C18H25NO2.C12H17N/c20-18(21)17(15-9-5-2-6-10-15)19-12-11-16(13-19)14-7-3-1-4-8-14;1-13-9-7-12(8-10-13)11-5-3-2-4-6-11/h1,3-4,7-8,15-17H,2,5-6,9-13H2,(H,20,21);2-6,12H,7-10H2,1H3. The molecule has 2 saturated heterocycles. The third-order valence-electron chi connectivity index (χ3n) is 8.22. The van der Waals surface area contributed by atoms with Crippen LogP contribution < -0.4 is 0 Å². The predicted molar refractivity (Wildman–Crippen MR) is 139 cm³/mol. The summed E-state index contributed by atoms with van der Waals surface area (Å²) in [5, 5.41) is 9.70. The van der Waals surface area contributed by atoms with Gasteiger partial charge < -0.3 is 10.0 Å². The van der Waals surface area contributed by atoms with E-state index >= 15 is 0 Å². The van der Waals surface area contributed by atoms with Crippen molar-refractivity contribution in [2.24, 2.45) is 5.92 Å². The predicted octanol–water partition coefficient (Wildman–Crippen LogP) is 6.01. The molecular weight excluding hydrogens is 420 g/mol. The molecule has 2 aliphatic heterocycles. The van der Waals surface area contributed by atoms with Crippen LogP contribution in [-0.2, 0) is 4.79 Å². The number of nitrogens with zero attached hydrogens (tertiary/aromatic N) is 2. The molecule has 3 fully saturated rings. The van der Waals surface area contributed by atoms with Crippen LogP contribution in [0.25, 0.3) is 0 Å². The second kappa shape index (κ2) is 12.5. The molecule has 0 aromatic heterocycles. The Morgan fingerprint density at radius 2 is 1.29 bits per heavy atom. The zero-order valence-corrected chi connectivity index (χ0v) is 20.8. The zero-order chi connectivity index (χ0) is 23.8. The number of rotatable bonds is 5. The number of hydrogen-bond donors (Lipinski definition) is 1. The van der Waals surface area contributed by atoms with Crippen molar-refractivity contribution in [3.05, 3.63) is 71.8 Å². The summed E-state index contributed by atoms with van der Waals surface area (Å²) in [6.07, 6.45) is 9.57.